The standard InChI is InChI=1S/C11H19ClN4/c1-9-10(8-12)11(15(3)13-9)16-6-4-14(2)5-7-16/h4-8H2,1-3H3. The number of rotatable bonds is 2. The highest BCUT2D eigenvalue weighted by Crippen LogP contribution is 2.25. The van der Waals surface area contributed by atoms with Crippen LogP contribution in [0.5, 0.6) is 0 Å². The Hall–Kier alpha value is -0.740. The van der Waals surface area contributed by atoms with Crippen LogP contribution in [-0.2, 0) is 12.9 Å². The van der Waals surface area contributed by atoms with Gasteiger partial charge in [0.2, 0.25) is 0 Å². The second kappa shape index (κ2) is 4.63. The van der Waals surface area contributed by atoms with E-state index in [1.54, 1.807) is 0 Å². The number of halogens is 1. The lowest BCUT2D eigenvalue weighted by Crippen LogP contribution is -2.45. The van der Waals surface area contributed by atoms with Gasteiger partial charge >= 0.3 is 0 Å². The van der Waals surface area contributed by atoms with E-state index in [2.05, 4.69) is 21.9 Å². The summed E-state index contributed by atoms with van der Waals surface area (Å²) in [6.45, 7) is 6.34. The molecule has 0 aliphatic carbocycles. The number of aromatic nitrogens is 2. The predicted octanol–water partition coefficient (Wildman–Crippen LogP) is 1.22. The highest BCUT2D eigenvalue weighted by molar-refractivity contribution is 6.17. The monoisotopic (exact) mass is 242 g/mol. The molecule has 0 radical (unpaired) electrons. The van der Waals surface area contributed by atoms with Crippen LogP contribution in [-0.4, -0.2) is 47.9 Å². The summed E-state index contributed by atoms with van der Waals surface area (Å²) in [6.07, 6.45) is 0. The van der Waals surface area contributed by atoms with Gasteiger partial charge in [-0.1, -0.05) is 0 Å². The smallest absolute Gasteiger partial charge is 0.131 e. The van der Waals surface area contributed by atoms with Gasteiger partial charge in [0.05, 0.1) is 11.6 Å². The Morgan fingerprint density at radius 1 is 1.19 bits per heavy atom. The number of hydrogen-bond acceptors (Lipinski definition) is 3. The molecule has 1 aromatic heterocycles. The van der Waals surface area contributed by atoms with Gasteiger partial charge in [-0.25, -0.2) is 0 Å². The largest absolute Gasteiger partial charge is 0.354 e. The van der Waals surface area contributed by atoms with E-state index in [1.807, 2.05) is 18.7 Å². The summed E-state index contributed by atoms with van der Waals surface area (Å²) < 4.78 is 1.96. The third kappa shape index (κ3) is 2.04. The minimum Gasteiger partial charge on any atom is -0.354 e. The van der Waals surface area contributed by atoms with Crippen LogP contribution >= 0.6 is 11.6 Å². The summed E-state index contributed by atoms with van der Waals surface area (Å²) in [5.41, 5.74) is 2.22. The molecule has 16 heavy (non-hydrogen) atoms. The number of anilines is 1. The topological polar surface area (TPSA) is 24.3 Å². The average Bonchev–Trinajstić information content (AvgIpc) is 2.54. The number of hydrogen-bond donors (Lipinski definition) is 0. The number of likely N-dealkylation sites (N-methyl/N-ethyl adjacent to an activating group) is 1. The molecular formula is C11H19ClN4. The molecule has 2 heterocycles. The maximum atomic E-state index is 6.01. The van der Waals surface area contributed by atoms with Gasteiger partial charge in [0.25, 0.3) is 0 Å². The summed E-state index contributed by atoms with van der Waals surface area (Å²) in [6, 6.07) is 0. The van der Waals surface area contributed by atoms with Crippen LogP contribution in [0, 0.1) is 6.92 Å². The van der Waals surface area contributed by atoms with Crippen molar-refractivity contribution in [1.82, 2.24) is 14.7 Å². The fourth-order valence-corrected chi connectivity index (χ4v) is 2.57. The molecule has 1 saturated heterocycles. The molecule has 0 bridgehead atoms. The maximum absolute atomic E-state index is 6.01. The third-order valence-electron chi connectivity index (χ3n) is 3.25. The molecule has 4 nitrogen and oxygen atoms in total. The van der Waals surface area contributed by atoms with E-state index in [0.29, 0.717) is 5.88 Å². The van der Waals surface area contributed by atoms with Crippen molar-refractivity contribution in [3.63, 3.8) is 0 Å². The maximum Gasteiger partial charge on any atom is 0.131 e. The highest BCUT2D eigenvalue weighted by Gasteiger charge is 2.21. The molecule has 0 amide bonds. The number of nitrogens with zero attached hydrogens (tertiary/aromatic N) is 4. The number of alkyl halides is 1. The van der Waals surface area contributed by atoms with Crippen LogP contribution in [0.3, 0.4) is 0 Å². The SMILES string of the molecule is Cc1nn(C)c(N2CCN(C)CC2)c1CCl. The van der Waals surface area contributed by atoms with Crippen LogP contribution in [0.1, 0.15) is 11.3 Å². The molecule has 0 atom stereocenters. The molecule has 2 rings (SSSR count). The Morgan fingerprint density at radius 2 is 1.81 bits per heavy atom. The Kier molecular flexibility index (Phi) is 3.40. The van der Waals surface area contributed by atoms with Crippen LogP contribution in [0.15, 0.2) is 0 Å². The lowest BCUT2D eigenvalue weighted by molar-refractivity contribution is 0.310. The fourth-order valence-electron chi connectivity index (χ4n) is 2.26. The van der Waals surface area contributed by atoms with Crippen molar-refractivity contribution in [1.29, 1.82) is 0 Å². The molecule has 1 aromatic rings. The van der Waals surface area contributed by atoms with Gasteiger partial charge in [-0.15, -0.1) is 11.6 Å². The molecule has 1 aliphatic rings. The number of piperazine rings is 1. The van der Waals surface area contributed by atoms with Gasteiger partial charge in [0, 0.05) is 38.8 Å². The Bertz CT molecular complexity index is 366. The summed E-state index contributed by atoms with van der Waals surface area (Å²) >= 11 is 6.01. The summed E-state index contributed by atoms with van der Waals surface area (Å²) in [5.74, 6) is 1.74. The molecular weight excluding hydrogens is 224 g/mol. The third-order valence-corrected chi connectivity index (χ3v) is 3.52. The molecule has 1 aliphatic heterocycles. The zero-order valence-electron chi connectivity index (χ0n) is 10.2. The van der Waals surface area contributed by atoms with Gasteiger partial charge in [0.1, 0.15) is 5.82 Å². The fraction of sp³-hybridized carbons (Fsp3) is 0.727. The molecule has 90 valence electrons. The van der Waals surface area contributed by atoms with Crippen molar-refractivity contribution >= 4 is 17.4 Å². The zero-order valence-corrected chi connectivity index (χ0v) is 11.0. The lowest BCUT2D eigenvalue weighted by atomic mass is 10.2. The van der Waals surface area contributed by atoms with Crippen LogP contribution < -0.4 is 4.90 Å². The second-order valence-electron chi connectivity index (χ2n) is 4.44. The predicted molar refractivity (Wildman–Crippen MR) is 67.2 cm³/mol. The van der Waals surface area contributed by atoms with E-state index in [0.717, 1.165) is 31.9 Å². The first-order chi connectivity index (χ1) is 7.63. The normalized spacial score (nSPS) is 18.1. The van der Waals surface area contributed by atoms with Crippen LogP contribution in [0.2, 0.25) is 0 Å². The van der Waals surface area contributed by atoms with E-state index in [-0.39, 0.29) is 0 Å². The van der Waals surface area contributed by atoms with E-state index < -0.39 is 0 Å². The quantitative estimate of drug-likeness (QED) is 0.729. The highest BCUT2D eigenvalue weighted by atomic mass is 35.5. The molecule has 5 heteroatoms. The van der Waals surface area contributed by atoms with E-state index in [9.17, 15) is 0 Å². The van der Waals surface area contributed by atoms with Gasteiger partial charge in [-0.3, -0.25) is 4.68 Å². The van der Waals surface area contributed by atoms with Gasteiger partial charge < -0.3 is 9.80 Å². The van der Waals surface area contributed by atoms with Crippen LogP contribution in [0.4, 0.5) is 5.82 Å². The first-order valence-electron chi connectivity index (χ1n) is 5.65. The van der Waals surface area contributed by atoms with Gasteiger partial charge in [0.15, 0.2) is 0 Å². The lowest BCUT2D eigenvalue weighted by Gasteiger charge is -2.34. The molecule has 0 N–H and O–H groups in total. The average molecular weight is 243 g/mol. The van der Waals surface area contributed by atoms with Crippen molar-refractivity contribution in [2.75, 3.05) is 38.1 Å². The molecule has 0 spiro atoms. The Morgan fingerprint density at radius 3 is 2.38 bits per heavy atom. The van der Waals surface area contributed by atoms with Crippen LogP contribution in [0.25, 0.3) is 0 Å². The Labute approximate surface area is 102 Å². The summed E-state index contributed by atoms with van der Waals surface area (Å²) in [5, 5.41) is 4.45. The van der Waals surface area contributed by atoms with E-state index in [1.165, 1.54) is 11.4 Å². The van der Waals surface area contributed by atoms with Crippen molar-refractivity contribution in [2.45, 2.75) is 12.8 Å². The first kappa shape index (κ1) is 11.7. The molecule has 0 aromatic carbocycles. The second-order valence-corrected chi connectivity index (χ2v) is 4.70. The summed E-state index contributed by atoms with van der Waals surface area (Å²) in [4.78, 5) is 4.73. The van der Waals surface area contributed by atoms with Gasteiger partial charge in [-0.2, -0.15) is 5.10 Å². The molecule has 0 unspecified atom stereocenters. The minimum atomic E-state index is 0.543. The van der Waals surface area contributed by atoms with Crippen molar-refractivity contribution < 1.29 is 0 Å². The Balaban J connectivity index is 2.25. The van der Waals surface area contributed by atoms with Crippen molar-refractivity contribution in [3.05, 3.63) is 11.3 Å². The van der Waals surface area contributed by atoms with Crippen molar-refractivity contribution in [3.8, 4) is 0 Å². The molecule has 0 saturated carbocycles. The van der Waals surface area contributed by atoms with E-state index >= 15 is 0 Å². The first-order valence-corrected chi connectivity index (χ1v) is 6.19. The van der Waals surface area contributed by atoms with Gasteiger partial charge in [-0.05, 0) is 14.0 Å². The zero-order chi connectivity index (χ0) is 11.7. The number of aryl methyl sites for hydroxylation is 2. The van der Waals surface area contributed by atoms with Crippen molar-refractivity contribution in [2.24, 2.45) is 7.05 Å². The molecule has 1 fully saturated rings. The summed E-state index contributed by atoms with van der Waals surface area (Å²) in [7, 11) is 4.16. The van der Waals surface area contributed by atoms with E-state index in [4.69, 9.17) is 11.6 Å². The minimum absolute atomic E-state index is 0.543.